The Morgan fingerprint density at radius 3 is 2.65 bits per heavy atom. The number of likely N-dealkylation sites (tertiary alicyclic amines) is 1. The van der Waals surface area contributed by atoms with Crippen molar-refractivity contribution in [2.24, 2.45) is 11.7 Å². The second kappa shape index (κ2) is 9.14. The third kappa shape index (κ3) is 4.83. The zero-order valence-corrected chi connectivity index (χ0v) is 16.1. The molecule has 0 radical (unpaired) electrons. The van der Waals surface area contributed by atoms with E-state index >= 15 is 0 Å². The lowest BCUT2D eigenvalue weighted by atomic mass is 9.90. The predicted molar refractivity (Wildman–Crippen MR) is 105 cm³/mol. The van der Waals surface area contributed by atoms with Crippen molar-refractivity contribution in [3.8, 4) is 5.75 Å². The average molecular weight is 374 g/mol. The molecule has 0 saturated carbocycles. The fourth-order valence-electron chi connectivity index (χ4n) is 3.38. The number of nitrogens with zero attached hydrogens (tertiary/aromatic N) is 2. The van der Waals surface area contributed by atoms with E-state index < -0.39 is 0 Å². The van der Waals surface area contributed by atoms with Crippen molar-refractivity contribution in [1.82, 2.24) is 9.88 Å². The normalized spacial score (nSPS) is 15.2. The van der Waals surface area contributed by atoms with E-state index in [0.717, 1.165) is 43.1 Å². The van der Waals surface area contributed by atoms with E-state index in [0.29, 0.717) is 24.8 Å². The number of carbonyl (C=O) groups is 1. The summed E-state index contributed by atoms with van der Waals surface area (Å²) in [5, 5.41) is 2.64. The van der Waals surface area contributed by atoms with Crippen LogP contribution in [0, 0.1) is 5.92 Å². The molecule has 1 fully saturated rings. The van der Waals surface area contributed by atoms with Gasteiger partial charge in [-0.05, 0) is 56.2 Å². The second-order valence-electron chi connectivity index (χ2n) is 6.68. The van der Waals surface area contributed by atoms with Gasteiger partial charge in [-0.3, -0.25) is 4.79 Å². The van der Waals surface area contributed by atoms with E-state index in [9.17, 15) is 4.79 Å². The number of piperidine rings is 1. The third-order valence-electron chi connectivity index (χ3n) is 4.92. The van der Waals surface area contributed by atoms with Crippen LogP contribution in [-0.4, -0.2) is 35.5 Å². The first-order valence-electron chi connectivity index (χ1n) is 9.35. The second-order valence-corrected chi connectivity index (χ2v) is 7.62. The zero-order valence-electron chi connectivity index (χ0n) is 15.3. The summed E-state index contributed by atoms with van der Waals surface area (Å²) in [5.41, 5.74) is 7.48. The molecular formula is C20H27N3O2S. The molecule has 6 heteroatoms. The Labute approximate surface area is 159 Å². The van der Waals surface area contributed by atoms with Gasteiger partial charge in [-0.15, -0.1) is 11.3 Å². The van der Waals surface area contributed by atoms with Gasteiger partial charge in [0.2, 0.25) is 0 Å². The molecule has 1 saturated heterocycles. The average Bonchev–Trinajstić information content (AvgIpc) is 3.17. The van der Waals surface area contributed by atoms with Gasteiger partial charge < -0.3 is 15.4 Å². The number of hydrogen-bond acceptors (Lipinski definition) is 5. The third-order valence-corrected chi connectivity index (χ3v) is 5.79. The molecule has 0 unspecified atom stereocenters. The van der Waals surface area contributed by atoms with Crippen LogP contribution < -0.4 is 10.5 Å². The van der Waals surface area contributed by atoms with Gasteiger partial charge in [0.05, 0.1) is 6.61 Å². The molecule has 1 aliphatic heterocycles. The van der Waals surface area contributed by atoms with Crippen LogP contribution in [0.25, 0.3) is 0 Å². The smallest absolute Gasteiger partial charge is 0.273 e. The van der Waals surface area contributed by atoms with Crippen LogP contribution >= 0.6 is 11.3 Å². The van der Waals surface area contributed by atoms with E-state index in [2.05, 4.69) is 17.1 Å². The standard InChI is InChI=1S/C20H27N3O2S/c1-2-25-17-7-5-15(6-8-17)3-4-16-9-11-23(12-10-16)20(24)18-14-26-19(13-21)22-18/h5-8,14,16H,2-4,9-13,21H2,1H3. The zero-order chi connectivity index (χ0) is 18.4. The molecule has 5 nitrogen and oxygen atoms in total. The lowest BCUT2D eigenvalue weighted by Crippen LogP contribution is -2.38. The summed E-state index contributed by atoms with van der Waals surface area (Å²) in [4.78, 5) is 18.8. The summed E-state index contributed by atoms with van der Waals surface area (Å²) < 4.78 is 5.49. The first-order chi connectivity index (χ1) is 12.7. The largest absolute Gasteiger partial charge is 0.494 e. The van der Waals surface area contributed by atoms with Gasteiger partial charge in [-0.1, -0.05) is 12.1 Å². The SMILES string of the molecule is CCOc1ccc(CCC2CCN(C(=O)c3csc(CN)n3)CC2)cc1. The van der Waals surface area contributed by atoms with Crippen molar-refractivity contribution >= 4 is 17.2 Å². The van der Waals surface area contributed by atoms with Gasteiger partial charge in [0.25, 0.3) is 5.91 Å². The number of rotatable bonds is 7. The van der Waals surface area contributed by atoms with Crippen LogP contribution in [0.1, 0.15) is 47.2 Å². The van der Waals surface area contributed by atoms with Crippen LogP contribution in [0.15, 0.2) is 29.6 Å². The van der Waals surface area contributed by atoms with E-state index in [-0.39, 0.29) is 5.91 Å². The number of aryl methyl sites for hydroxylation is 1. The lowest BCUT2D eigenvalue weighted by Gasteiger charge is -2.31. The highest BCUT2D eigenvalue weighted by molar-refractivity contribution is 7.09. The lowest BCUT2D eigenvalue weighted by molar-refractivity contribution is 0.0681. The Morgan fingerprint density at radius 2 is 2.04 bits per heavy atom. The number of amides is 1. The highest BCUT2D eigenvalue weighted by Gasteiger charge is 2.24. The minimum absolute atomic E-state index is 0.0471. The summed E-state index contributed by atoms with van der Waals surface area (Å²) >= 11 is 1.46. The Bertz CT molecular complexity index is 706. The molecule has 0 bridgehead atoms. The van der Waals surface area contributed by atoms with Crippen molar-refractivity contribution < 1.29 is 9.53 Å². The van der Waals surface area contributed by atoms with Crippen LogP contribution in [0.3, 0.4) is 0 Å². The molecule has 0 aliphatic carbocycles. The molecule has 1 amide bonds. The molecule has 3 rings (SSSR count). The van der Waals surface area contributed by atoms with E-state index in [4.69, 9.17) is 10.5 Å². The van der Waals surface area contributed by atoms with E-state index in [1.807, 2.05) is 29.3 Å². The molecule has 26 heavy (non-hydrogen) atoms. The van der Waals surface area contributed by atoms with E-state index in [1.54, 1.807) is 0 Å². The molecule has 1 aliphatic rings. The molecule has 2 aromatic rings. The topological polar surface area (TPSA) is 68.5 Å². The van der Waals surface area contributed by atoms with Gasteiger partial charge >= 0.3 is 0 Å². The molecule has 1 aromatic carbocycles. The quantitative estimate of drug-likeness (QED) is 0.807. The van der Waals surface area contributed by atoms with Gasteiger partial charge in [-0.2, -0.15) is 0 Å². The summed E-state index contributed by atoms with van der Waals surface area (Å²) in [7, 11) is 0. The van der Waals surface area contributed by atoms with Gasteiger partial charge in [-0.25, -0.2) is 4.98 Å². The number of hydrogen-bond donors (Lipinski definition) is 1. The molecule has 140 valence electrons. The number of ether oxygens (including phenoxy) is 1. The number of benzene rings is 1. The van der Waals surface area contributed by atoms with Gasteiger partial charge in [0.15, 0.2) is 0 Å². The highest BCUT2D eigenvalue weighted by Crippen LogP contribution is 2.24. The first kappa shape index (κ1) is 18.9. The first-order valence-corrected chi connectivity index (χ1v) is 10.2. The number of nitrogens with two attached hydrogens (primary N) is 1. The Hall–Kier alpha value is -1.92. The Kier molecular flexibility index (Phi) is 6.63. The van der Waals surface area contributed by atoms with Crippen LogP contribution in [0.2, 0.25) is 0 Å². The monoisotopic (exact) mass is 373 g/mol. The van der Waals surface area contributed by atoms with Crippen molar-refractivity contribution in [2.75, 3.05) is 19.7 Å². The molecule has 1 aromatic heterocycles. The van der Waals surface area contributed by atoms with Crippen molar-refractivity contribution in [1.29, 1.82) is 0 Å². The van der Waals surface area contributed by atoms with Crippen LogP contribution in [0.5, 0.6) is 5.75 Å². The Morgan fingerprint density at radius 1 is 1.31 bits per heavy atom. The minimum atomic E-state index is 0.0471. The minimum Gasteiger partial charge on any atom is -0.494 e. The number of aromatic nitrogens is 1. The Balaban J connectivity index is 1.44. The maximum atomic E-state index is 12.5. The summed E-state index contributed by atoms with van der Waals surface area (Å²) in [6, 6.07) is 8.40. The summed E-state index contributed by atoms with van der Waals surface area (Å²) in [6.07, 6.45) is 4.38. The summed E-state index contributed by atoms with van der Waals surface area (Å²) in [5.74, 6) is 1.66. The molecule has 2 N–H and O–H groups in total. The molecule has 0 spiro atoms. The fraction of sp³-hybridized carbons (Fsp3) is 0.500. The van der Waals surface area contributed by atoms with E-state index in [1.165, 1.54) is 23.3 Å². The van der Waals surface area contributed by atoms with Crippen LogP contribution in [-0.2, 0) is 13.0 Å². The number of thiazole rings is 1. The molecule has 2 heterocycles. The maximum absolute atomic E-state index is 12.5. The van der Waals surface area contributed by atoms with Gasteiger partial charge in [0.1, 0.15) is 16.5 Å². The van der Waals surface area contributed by atoms with Crippen LogP contribution in [0.4, 0.5) is 0 Å². The van der Waals surface area contributed by atoms with Crippen molar-refractivity contribution in [3.63, 3.8) is 0 Å². The number of carbonyl (C=O) groups excluding carboxylic acids is 1. The highest BCUT2D eigenvalue weighted by atomic mass is 32.1. The maximum Gasteiger partial charge on any atom is 0.273 e. The van der Waals surface area contributed by atoms with Gasteiger partial charge in [0, 0.05) is 25.0 Å². The van der Waals surface area contributed by atoms with Crippen molar-refractivity contribution in [3.05, 3.63) is 45.9 Å². The summed E-state index contributed by atoms with van der Waals surface area (Å²) in [6.45, 7) is 4.73. The molecular weight excluding hydrogens is 346 g/mol. The van der Waals surface area contributed by atoms with Crippen molar-refractivity contribution in [2.45, 2.75) is 39.2 Å². The fourth-order valence-corrected chi connectivity index (χ4v) is 4.03. The predicted octanol–water partition coefficient (Wildman–Crippen LogP) is 3.49. The molecule has 0 atom stereocenters.